The first-order chi connectivity index (χ1) is 4.85. The predicted molar refractivity (Wildman–Crippen MR) is 36.7 cm³/mol. The van der Waals surface area contributed by atoms with E-state index in [0.29, 0.717) is 19.8 Å². The summed E-state index contributed by atoms with van der Waals surface area (Å²) >= 11 is 0. The zero-order valence-corrected chi connectivity index (χ0v) is 6.79. The number of hydrogen-bond acceptors (Lipinski definition) is 4. The minimum atomic E-state index is 0.542. The van der Waals surface area contributed by atoms with Crippen LogP contribution in [-0.2, 0) is 14.5 Å². The van der Waals surface area contributed by atoms with Gasteiger partial charge in [-0.15, -0.1) is 0 Å². The summed E-state index contributed by atoms with van der Waals surface area (Å²) in [6.45, 7) is 7.22. The van der Waals surface area contributed by atoms with Crippen molar-refractivity contribution in [1.82, 2.24) is 5.39 Å². The molecule has 0 fully saturated rings. The van der Waals surface area contributed by atoms with E-state index in [1.54, 1.807) is 0 Å². The van der Waals surface area contributed by atoms with Crippen LogP contribution in [0, 0.1) is 0 Å². The lowest BCUT2D eigenvalue weighted by Gasteiger charge is -2.16. The van der Waals surface area contributed by atoms with Crippen molar-refractivity contribution in [1.29, 1.82) is 0 Å². The molecule has 4 nitrogen and oxygen atoms in total. The molecule has 0 saturated carbocycles. The van der Waals surface area contributed by atoms with Gasteiger partial charge >= 0.3 is 0 Å². The highest BCUT2D eigenvalue weighted by Gasteiger charge is 2.01. The Morgan fingerprint density at radius 3 is 1.30 bits per heavy atom. The average molecular weight is 149 g/mol. The van der Waals surface area contributed by atoms with Crippen LogP contribution >= 0.6 is 0 Å². The number of nitrogens with zero attached hydrogens (tertiary/aromatic N) is 1. The molecule has 0 heterocycles. The van der Waals surface area contributed by atoms with Crippen molar-refractivity contribution in [2.75, 3.05) is 19.8 Å². The van der Waals surface area contributed by atoms with Gasteiger partial charge in [-0.05, 0) is 20.8 Å². The lowest BCUT2D eigenvalue weighted by molar-refractivity contribution is -0.523. The van der Waals surface area contributed by atoms with Crippen LogP contribution in [0.3, 0.4) is 0 Å². The van der Waals surface area contributed by atoms with E-state index in [9.17, 15) is 0 Å². The summed E-state index contributed by atoms with van der Waals surface area (Å²) < 4.78 is 0. The monoisotopic (exact) mass is 149 g/mol. The van der Waals surface area contributed by atoms with Gasteiger partial charge in [-0.3, -0.25) is 14.5 Å². The third kappa shape index (κ3) is 4.69. The highest BCUT2D eigenvalue weighted by atomic mass is 17.2. The summed E-state index contributed by atoms with van der Waals surface area (Å²) in [6.07, 6.45) is 0. The smallest absolute Gasteiger partial charge is 0.0766 e. The summed E-state index contributed by atoms with van der Waals surface area (Å²) in [6, 6.07) is 0. The Labute approximate surface area is 61.5 Å². The molecule has 0 bridgehead atoms. The highest BCUT2D eigenvalue weighted by molar-refractivity contribution is 4.04. The molecule has 62 valence electrons. The van der Waals surface area contributed by atoms with Gasteiger partial charge in [-0.25, -0.2) is 0 Å². The van der Waals surface area contributed by atoms with Crippen molar-refractivity contribution in [3.8, 4) is 0 Å². The van der Waals surface area contributed by atoms with Crippen molar-refractivity contribution >= 4 is 0 Å². The minimum absolute atomic E-state index is 0.542. The van der Waals surface area contributed by atoms with Crippen molar-refractivity contribution < 1.29 is 14.5 Å². The third-order valence-electron chi connectivity index (χ3n) is 0.704. The van der Waals surface area contributed by atoms with Crippen LogP contribution in [0.5, 0.6) is 0 Å². The van der Waals surface area contributed by atoms with E-state index in [0.717, 1.165) is 5.39 Å². The van der Waals surface area contributed by atoms with Crippen molar-refractivity contribution in [3.63, 3.8) is 0 Å². The van der Waals surface area contributed by atoms with Crippen LogP contribution in [0.4, 0.5) is 0 Å². The molecule has 0 N–H and O–H groups in total. The first-order valence-corrected chi connectivity index (χ1v) is 3.54. The van der Waals surface area contributed by atoms with E-state index >= 15 is 0 Å². The molecule has 0 saturated heterocycles. The standard InChI is InChI=1S/C6H15NO3/c1-4-8-7(9-5-2)10-6-3/h4-6H2,1-3H3. The van der Waals surface area contributed by atoms with E-state index in [1.807, 2.05) is 20.8 Å². The average Bonchev–Trinajstić information content (AvgIpc) is 1.90. The lowest BCUT2D eigenvalue weighted by atomic mass is 10.9. The Morgan fingerprint density at radius 1 is 0.800 bits per heavy atom. The fourth-order valence-electron chi connectivity index (χ4n) is 0.428. The van der Waals surface area contributed by atoms with E-state index in [2.05, 4.69) is 0 Å². The lowest BCUT2D eigenvalue weighted by Crippen LogP contribution is -2.24. The molecule has 10 heavy (non-hydrogen) atoms. The summed E-state index contributed by atoms with van der Waals surface area (Å²) in [4.78, 5) is 14.7. The maximum atomic E-state index is 4.91. The number of hydrogen-bond donors (Lipinski definition) is 0. The third-order valence-corrected chi connectivity index (χ3v) is 0.704. The molecular formula is C6H15NO3. The van der Waals surface area contributed by atoms with Crippen LogP contribution < -0.4 is 0 Å². The molecule has 0 aliphatic heterocycles. The van der Waals surface area contributed by atoms with Crippen molar-refractivity contribution in [2.24, 2.45) is 0 Å². The van der Waals surface area contributed by atoms with Crippen LogP contribution in [0.15, 0.2) is 0 Å². The first-order valence-electron chi connectivity index (χ1n) is 3.54. The molecule has 0 amide bonds. The molecule has 0 aromatic carbocycles. The van der Waals surface area contributed by atoms with Crippen LogP contribution in [-0.4, -0.2) is 25.2 Å². The van der Waals surface area contributed by atoms with Gasteiger partial charge in [0.05, 0.1) is 25.2 Å². The van der Waals surface area contributed by atoms with Crippen LogP contribution in [0.1, 0.15) is 20.8 Å². The fourth-order valence-corrected chi connectivity index (χ4v) is 0.428. The Kier molecular flexibility index (Phi) is 6.84. The van der Waals surface area contributed by atoms with Crippen LogP contribution in [0.2, 0.25) is 0 Å². The molecule has 0 atom stereocenters. The summed E-state index contributed by atoms with van der Waals surface area (Å²) in [5.74, 6) is 0. The normalized spacial score (nSPS) is 10.8. The maximum Gasteiger partial charge on any atom is 0.0766 e. The largest absolute Gasteiger partial charge is 0.251 e. The molecule has 0 spiro atoms. The van der Waals surface area contributed by atoms with Gasteiger partial charge in [0.15, 0.2) is 0 Å². The SMILES string of the molecule is CCON(OCC)OCC. The van der Waals surface area contributed by atoms with Crippen molar-refractivity contribution in [2.45, 2.75) is 20.8 Å². The van der Waals surface area contributed by atoms with E-state index in [4.69, 9.17) is 14.5 Å². The molecule has 0 aliphatic rings. The molecule has 0 aromatic rings. The molecule has 0 rings (SSSR count). The second-order valence-corrected chi connectivity index (χ2v) is 1.48. The quantitative estimate of drug-likeness (QED) is 0.530. The molecule has 4 heteroatoms. The van der Waals surface area contributed by atoms with Crippen molar-refractivity contribution in [3.05, 3.63) is 0 Å². The maximum absolute atomic E-state index is 4.91. The molecule has 0 unspecified atom stereocenters. The molecule has 0 aliphatic carbocycles. The Balaban J connectivity index is 3.30. The van der Waals surface area contributed by atoms with E-state index in [1.165, 1.54) is 0 Å². The Bertz CT molecular complexity index is 55.7. The predicted octanol–water partition coefficient (Wildman–Crippen LogP) is 1.14. The van der Waals surface area contributed by atoms with Gasteiger partial charge in [0.25, 0.3) is 0 Å². The van der Waals surface area contributed by atoms with E-state index < -0.39 is 0 Å². The van der Waals surface area contributed by atoms with Gasteiger partial charge < -0.3 is 0 Å². The van der Waals surface area contributed by atoms with Gasteiger partial charge in [0.1, 0.15) is 0 Å². The van der Waals surface area contributed by atoms with Gasteiger partial charge in [0, 0.05) is 0 Å². The second kappa shape index (κ2) is 6.95. The summed E-state index contributed by atoms with van der Waals surface area (Å²) in [5, 5.41) is 1.04. The zero-order chi connectivity index (χ0) is 7.82. The second-order valence-electron chi connectivity index (χ2n) is 1.48. The minimum Gasteiger partial charge on any atom is -0.251 e. The van der Waals surface area contributed by atoms with Gasteiger partial charge in [-0.2, -0.15) is 0 Å². The Hall–Kier alpha value is -0.160. The highest BCUT2D eigenvalue weighted by Crippen LogP contribution is 1.92. The summed E-state index contributed by atoms with van der Waals surface area (Å²) in [7, 11) is 0. The number of rotatable bonds is 6. The van der Waals surface area contributed by atoms with Crippen LogP contribution in [0.25, 0.3) is 0 Å². The zero-order valence-electron chi connectivity index (χ0n) is 6.79. The molecular weight excluding hydrogens is 134 g/mol. The summed E-state index contributed by atoms with van der Waals surface area (Å²) in [5.41, 5.74) is 0. The molecule has 0 radical (unpaired) electrons. The van der Waals surface area contributed by atoms with Gasteiger partial charge in [-0.1, -0.05) is 0 Å². The first kappa shape index (κ1) is 9.84. The Morgan fingerprint density at radius 2 is 1.10 bits per heavy atom. The molecule has 0 aromatic heterocycles. The topological polar surface area (TPSA) is 30.9 Å². The van der Waals surface area contributed by atoms with Gasteiger partial charge in [0.2, 0.25) is 0 Å². The van der Waals surface area contributed by atoms with E-state index in [-0.39, 0.29) is 0 Å². The fraction of sp³-hybridized carbons (Fsp3) is 1.00.